The van der Waals surface area contributed by atoms with Crippen molar-refractivity contribution < 1.29 is 4.42 Å². The van der Waals surface area contributed by atoms with Crippen LogP contribution in [0.15, 0.2) is 186 Å². The topological polar surface area (TPSA) is 55.1 Å². The number of fused-ring (bicyclic) bond motifs is 9. The molecule has 58 heavy (non-hydrogen) atoms. The van der Waals surface area contributed by atoms with Crippen LogP contribution in [0.4, 0.5) is 17.1 Å². The minimum Gasteiger partial charge on any atom is -0.456 e. The van der Waals surface area contributed by atoms with Crippen molar-refractivity contribution in [3.05, 3.63) is 182 Å². The predicted molar refractivity (Wildman–Crippen MR) is 244 cm³/mol. The quantitative estimate of drug-likeness (QED) is 0.168. The molecular formula is C51H30N4OS2. The minimum atomic E-state index is 0.588. The van der Waals surface area contributed by atoms with E-state index in [9.17, 15) is 0 Å². The number of hydrogen-bond donors (Lipinski definition) is 0. The summed E-state index contributed by atoms with van der Waals surface area (Å²) in [5, 5.41) is 7.18. The van der Waals surface area contributed by atoms with E-state index in [-0.39, 0.29) is 0 Å². The lowest BCUT2D eigenvalue weighted by atomic mass is 10.1. The lowest BCUT2D eigenvalue weighted by Crippen LogP contribution is -2.10. The normalized spacial score (nSPS) is 11.8. The van der Waals surface area contributed by atoms with Crippen LogP contribution in [0.2, 0.25) is 0 Å². The molecule has 0 N–H and O–H groups in total. The van der Waals surface area contributed by atoms with E-state index in [0.717, 1.165) is 55.7 Å². The molecule has 0 radical (unpaired) electrons. The fourth-order valence-electron chi connectivity index (χ4n) is 8.20. The summed E-state index contributed by atoms with van der Waals surface area (Å²) in [6.45, 7) is 0. The predicted octanol–water partition coefficient (Wildman–Crippen LogP) is 15.0. The number of anilines is 3. The van der Waals surface area contributed by atoms with E-state index in [1.54, 1.807) is 0 Å². The summed E-state index contributed by atoms with van der Waals surface area (Å²) in [5.74, 6) is 1.83. The van der Waals surface area contributed by atoms with Crippen LogP contribution in [0.1, 0.15) is 0 Å². The van der Waals surface area contributed by atoms with Crippen LogP contribution in [0, 0.1) is 0 Å². The summed E-state index contributed by atoms with van der Waals surface area (Å²) in [6, 6.07) is 63.9. The minimum absolute atomic E-state index is 0.588. The van der Waals surface area contributed by atoms with Crippen molar-refractivity contribution in [3.63, 3.8) is 0 Å². The van der Waals surface area contributed by atoms with Crippen molar-refractivity contribution in [3.8, 4) is 34.2 Å². The van der Waals surface area contributed by atoms with E-state index in [4.69, 9.17) is 19.4 Å². The van der Waals surface area contributed by atoms with Crippen molar-refractivity contribution >= 4 is 102 Å². The zero-order chi connectivity index (χ0) is 38.2. The molecule has 0 atom stereocenters. The van der Waals surface area contributed by atoms with Crippen molar-refractivity contribution in [2.24, 2.45) is 0 Å². The van der Waals surface area contributed by atoms with Crippen LogP contribution in [-0.2, 0) is 0 Å². The second-order valence-corrected chi connectivity index (χ2v) is 16.6. The summed E-state index contributed by atoms with van der Waals surface area (Å²) in [4.78, 5) is 17.3. The molecule has 12 rings (SSSR count). The first-order chi connectivity index (χ1) is 28.7. The largest absolute Gasteiger partial charge is 0.456 e. The first-order valence-electron chi connectivity index (χ1n) is 19.2. The van der Waals surface area contributed by atoms with Crippen molar-refractivity contribution in [2.75, 3.05) is 4.90 Å². The molecule has 5 nitrogen and oxygen atoms in total. The van der Waals surface area contributed by atoms with Crippen molar-refractivity contribution in [1.29, 1.82) is 0 Å². The van der Waals surface area contributed by atoms with E-state index < -0.39 is 0 Å². The second kappa shape index (κ2) is 13.2. The zero-order valence-electron chi connectivity index (χ0n) is 30.8. The standard InChI is InChI=1S/C51H30N4OS2/c1-3-12-31(13-4-1)49-52-50(32-14-5-2-6-15-32)54-51(53-49)33-22-25-40-43(28-33)56-42-19-11-18-41(48(40)42)55(34-23-26-38-36-16-7-9-20-44(36)57-46(38)29-34)35-24-27-39-37-17-8-10-21-45(37)58-47(39)30-35/h1-30H. The fourth-order valence-corrected chi connectivity index (χ4v) is 10.5. The first kappa shape index (κ1) is 33.0. The molecule has 8 aromatic carbocycles. The van der Waals surface area contributed by atoms with Crippen LogP contribution in [0.5, 0.6) is 0 Å². The molecule has 0 saturated heterocycles. The lowest BCUT2D eigenvalue weighted by Gasteiger charge is -2.26. The molecule has 0 spiro atoms. The first-order valence-corrected chi connectivity index (χ1v) is 20.8. The Morgan fingerprint density at radius 3 is 1.45 bits per heavy atom. The lowest BCUT2D eigenvalue weighted by molar-refractivity contribution is 0.669. The molecule has 0 bridgehead atoms. The van der Waals surface area contributed by atoms with Crippen LogP contribution in [0.3, 0.4) is 0 Å². The Bertz CT molecular complexity index is 3360. The Balaban J connectivity index is 1.05. The highest BCUT2D eigenvalue weighted by Gasteiger charge is 2.22. The molecule has 0 saturated carbocycles. The molecule has 272 valence electrons. The van der Waals surface area contributed by atoms with Gasteiger partial charge in [0.05, 0.1) is 11.1 Å². The molecule has 0 amide bonds. The molecule has 0 aliphatic rings. The second-order valence-electron chi connectivity index (χ2n) is 14.4. The molecule has 4 heterocycles. The molecule has 12 aromatic rings. The summed E-state index contributed by atoms with van der Waals surface area (Å²) in [5.41, 5.74) is 7.51. The number of furan rings is 1. The number of nitrogens with zero attached hydrogens (tertiary/aromatic N) is 4. The number of hydrogen-bond acceptors (Lipinski definition) is 7. The maximum atomic E-state index is 6.73. The number of benzene rings is 8. The average Bonchev–Trinajstić information content (AvgIpc) is 3.97. The highest BCUT2D eigenvalue weighted by atomic mass is 32.1. The van der Waals surface area contributed by atoms with Crippen LogP contribution < -0.4 is 4.90 Å². The van der Waals surface area contributed by atoms with Gasteiger partial charge in [0, 0.05) is 73.8 Å². The molecule has 0 aliphatic carbocycles. The number of aromatic nitrogens is 3. The molecule has 0 fully saturated rings. The molecule has 0 aliphatic heterocycles. The average molecular weight is 779 g/mol. The van der Waals surface area contributed by atoms with E-state index in [1.165, 1.54) is 40.3 Å². The smallest absolute Gasteiger partial charge is 0.164 e. The van der Waals surface area contributed by atoms with E-state index in [2.05, 4.69) is 126 Å². The highest BCUT2D eigenvalue weighted by molar-refractivity contribution is 7.26. The Kier molecular flexibility index (Phi) is 7.51. The van der Waals surface area contributed by atoms with E-state index in [1.807, 2.05) is 83.3 Å². The van der Waals surface area contributed by atoms with Gasteiger partial charge in [-0.25, -0.2) is 15.0 Å². The van der Waals surface area contributed by atoms with Gasteiger partial charge in [0.25, 0.3) is 0 Å². The SMILES string of the molecule is c1ccc(-c2nc(-c3ccccc3)nc(-c3ccc4c(c3)oc3cccc(N(c5ccc6c(c5)sc5ccccc56)c5ccc6c(c5)sc5ccccc56)c34)n2)cc1. The maximum Gasteiger partial charge on any atom is 0.164 e. The number of thiophene rings is 2. The van der Waals surface area contributed by atoms with Gasteiger partial charge >= 0.3 is 0 Å². The summed E-state index contributed by atoms with van der Waals surface area (Å²) in [6.07, 6.45) is 0. The van der Waals surface area contributed by atoms with Gasteiger partial charge < -0.3 is 9.32 Å². The molecule has 7 heteroatoms. The van der Waals surface area contributed by atoms with Crippen LogP contribution >= 0.6 is 22.7 Å². The summed E-state index contributed by atoms with van der Waals surface area (Å²) >= 11 is 3.67. The van der Waals surface area contributed by atoms with Gasteiger partial charge in [0.15, 0.2) is 17.5 Å². The van der Waals surface area contributed by atoms with Gasteiger partial charge in [-0.3, -0.25) is 0 Å². The Morgan fingerprint density at radius 1 is 0.362 bits per heavy atom. The van der Waals surface area contributed by atoms with Gasteiger partial charge in [-0.05, 0) is 60.7 Å². The molecule has 0 unspecified atom stereocenters. The van der Waals surface area contributed by atoms with Gasteiger partial charge in [-0.2, -0.15) is 0 Å². The fraction of sp³-hybridized carbons (Fsp3) is 0. The van der Waals surface area contributed by atoms with Gasteiger partial charge in [-0.1, -0.05) is 121 Å². The Hall–Kier alpha value is -7.19. The van der Waals surface area contributed by atoms with Gasteiger partial charge in [0.1, 0.15) is 11.2 Å². The summed E-state index contributed by atoms with van der Waals surface area (Å²) in [7, 11) is 0. The third-order valence-corrected chi connectivity index (χ3v) is 13.2. The van der Waals surface area contributed by atoms with Crippen LogP contribution in [-0.4, -0.2) is 15.0 Å². The van der Waals surface area contributed by atoms with Crippen LogP contribution in [0.25, 0.3) is 96.4 Å². The van der Waals surface area contributed by atoms with E-state index in [0.29, 0.717) is 17.5 Å². The maximum absolute atomic E-state index is 6.73. The monoisotopic (exact) mass is 778 g/mol. The van der Waals surface area contributed by atoms with Gasteiger partial charge in [0.2, 0.25) is 0 Å². The zero-order valence-corrected chi connectivity index (χ0v) is 32.5. The third-order valence-electron chi connectivity index (χ3n) is 10.9. The van der Waals surface area contributed by atoms with Gasteiger partial charge in [-0.15, -0.1) is 22.7 Å². The number of rotatable bonds is 6. The summed E-state index contributed by atoms with van der Waals surface area (Å²) < 4.78 is 11.8. The van der Waals surface area contributed by atoms with Crippen molar-refractivity contribution in [1.82, 2.24) is 15.0 Å². The van der Waals surface area contributed by atoms with E-state index >= 15 is 0 Å². The van der Waals surface area contributed by atoms with Crippen molar-refractivity contribution in [2.45, 2.75) is 0 Å². The highest BCUT2D eigenvalue weighted by Crippen LogP contribution is 2.47. The third kappa shape index (κ3) is 5.39. The Labute approximate surface area is 340 Å². The molecule has 4 aromatic heterocycles. The Morgan fingerprint density at radius 2 is 0.862 bits per heavy atom. The molecular weight excluding hydrogens is 749 g/mol.